The first-order chi connectivity index (χ1) is 12.6. The molecule has 0 spiro atoms. The van der Waals surface area contributed by atoms with E-state index in [1.807, 2.05) is 48.5 Å². The van der Waals surface area contributed by atoms with Crippen LogP contribution in [0.15, 0.2) is 48.5 Å². The summed E-state index contributed by atoms with van der Waals surface area (Å²) >= 11 is 0. The highest BCUT2D eigenvalue weighted by Crippen LogP contribution is 2.22. The summed E-state index contributed by atoms with van der Waals surface area (Å²) in [7, 11) is 1.61. The molecule has 3 rings (SSSR count). The maximum Gasteiger partial charge on any atom is 0.232 e. The van der Waals surface area contributed by atoms with E-state index in [2.05, 4.69) is 4.98 Å². The van der Waals surface area contributed by atoms with Gasteiger partial charge in [-0.15, -0.1) is 0 Å². The molecule has 0 bridgehead atoms. The molecule has 0 saturated carbocycles. The molecule has 136 valence electrons. The number of hydrogen-bond acceptors (Lipinski definition) is 5. The lowest BCUT2D eigenvalue weighted by Gasteiger charge is -2.10. The minimum absolute atomic E-state index is 0.104. The number of rotatable bonds is 7. The Morgan fingerprint density at radius 1 is 1.15 bits per heavy atom. The Labute approximate surface area is 152 Å². The summed E-state index contributed by atoms with van der Waals surface area (Å²) in [4.78, 5) is 17.1. The fourth-order valence-electron chi connectivity index (χ4n) is 2.78. The number of nitrogens with zero attached hydrogens (tertiary/aromatic N) is 2. The molecule has 26 heavy (non-hydrogen) atoms. The van der Waals surface area contributed by atoms with Crippen molar-refractivity contribution < 1.29 is 19.4 Å². The third-order valence-electron chi connectivity index (χ3n) is 4.07. The lowest BCUT2D eigenvalue weighted by molar-refractivity contribution is 0.0877. The number of ether oxygens (including phenoxy) is 2. The summed E-state index contributed by atoms with van der Waals surface area (Å²) in [6, 6.07) is 14.7. The number of carbonyl (C=O) groups is 1. The molecule has 2 aromatic carbocycles. The summed E-state index contributed by atoms with van der Waals surface area (Å²) < 4.78 is 12.3. The van der Waals surface area contributed by atoms with Gasteiger partial charge in [0.15, 0.2) is 0 Å². The molecule has 0 aliphatic rings. The molecule has 1 aromatic heterocycles. The lowest BCUT2D eigenvalue weighted by atomic mass is 10.2. The molecule has 3 aromatic rings. The third kappa shape index (κ3) is 3.86. The minimum Gasteiger partial charge on any atom is -0.497 e. The smallest absolute Gasteiger partial charge is 0.232 e. The van der Waals surface area contributed by atoms with Crippen LogP contribution in [0.3, 0.4) is 0 Å². The van der Waals surface area contributed by atoms with E-state index < -0.39 is 6.10 Å². The van der Waals surface area contributed by atoms with Crippen LogP contribution in [0.4, 0.5) is 0 Å². The predicted molar refractivity (Wildman–Crippen MR) is 98.7 cm³/mol. The van der Waals surface area contributed by atoms with Gasteiger partial charge in [-0.05, 0) is 49.7 Å². The number of aliphatic hydroxyl groups is 1. The number of benzene rings is 2. The third-order valence-corrected chi connectivity index (χ3v) is 4.07. The lowest BCUT2D eigenvalue weighted by Crippen LogP contribution is -2.16. The van der Waals surface area contributed by atoms with Crippen molar-refractivity contribution >= 4 is 16.9 Å². The molecule has 0 aliphatic heterocycles. The summed E-state index contributed by atoms with van der Waals surface area (Å²) in [6.45, 7) is 2.03. The molecule has 0 radical (unpaired) electrons. The first kappa shape index (κ1) is 17.9. The van der Waals surface area contributed by atoms with Crippen molar-refractivity contribution in [3.63, 3.8) is 0 Å². The standard InChI is InChI=1S/C20H22N2O4/c1-14(23)20-21-17-6-3-4-7-18(17)22(20)19(24)8-5-13-26-16-11-9-15(25-2)10-12-16/h3-4,6-7,9-12,14,23H,5,8,13H2,1-2H3. The molecule has 0 fully saturated rings. The Balaban J connectivity index is 1.63. The van der Waals surface area contributed by atoms with Crippen molar-refractivity contribution in [1.29, 1.82) is 0 Å². The summed E-state index contributed by atoms with van der Waals surface area (Å²) in [5, 5.41) is 9.95. The highest BCUT2D eigenvalue weighted by Gasteiger charge is 2.19. The highest BCUT2D eigenvalue weighted by atomic mass is 16.5. The van der Waals surface area contributed by atoms with Crippen LogP contribution in [-0.2, 0) is 0 Å². The average molecular weight is 354 g/mol. The van der Waals surface area contributed by atoms with E-state index >= 15 is 0 Å². The molecule has 6 nitrogen and oxygen atoms in total. The van der Waals surface area contributed by atoms with Crippen LogP contribution < -0.4 is 9.47 Å². The second-order valence-electron chi connectivity index (χ2n) is 5.99. The van der Waals surface area contributed by atoms with Crippen molar-refractivity contribution in [3.8, 4) is 11.5 Å². The van der Waals surface area contributed by atoms with Gasteiger partial charge in [-0.25, -0.2) is 4.98 Å². The Hall–Kier alpha value is -2.86. The molecule has 0 aliphatic carbocycles. The normalized spacial score (nSPS) is 12.1. The van der Waals surface area contributed by atoms with Gasteiger partial charge in [0, 0.05) is 6.42 Å². The Kier molecular flexibility index (Phi) is 5.53. The minimum atomic E-state index is -0.818. The predicted octanol–water partition coefficient (Wildman–Crippen LogP) is 3.60. The van der Waals surface area contributed by atoms with Crippen molar-refractivity contribution in [2.24, 2.45) is 0 Å². The topological polar surface area (TPSA) is 73.6 Å². The number of methoxy groups -OCH3 is 1. The number of imidazole rings is 1. The Morgan fingerprint density at radius 3 is 2.54 bits per heavy atom. The highest BCUT2D eigenvalue weighted by molar-refractivity contribution is 5.91. The van der Waals surface area contributed by atoms with Gasteiger partial charge in [0.05, 0.1) is 24.8 Å². The van der Waals surface area contributed by atoms with Crippen LogP contribution in [0.2, 0.25) is 0 Å². The van der Waals surface area contributed by atoms with E-state index in [9.17, 15) is 9.90 Å². The van der Waals surface area contributed by atoms with Crippen LogP contribution >= 0.6 is 0 Å². The number of para-hydroxylation sites is 2. The number of hydrogen-bond donors (Lipinski definition) is 1. The van der Waals surface area contributed by atoms with Gasteiger partial charge in [0.25, 0.3) is 0 Å². The molecule has 0 saturated heterocycles. The molecular formula is C20H22N2O4. The number of carbonyl (C=O) groups excluding carboxylic acids is 1. The number of aliphatic hydroxyl groups excluding tert-OH is 1. The van der Waals surface area contributed by atoms with Gasteiger partial charge < -0.3 is 14.6 Å². The van der Waals surface area contributed by atoms with E-state index in [1.54, 1.807) is 14.0 Å². The number of fused-ring (bicyclic) bond motifs is 1. The SMILES string of the molecule is COc1ccc(OCCCC(=O)n2c(C(C)O)nc3ccccc32)cc1. The molecule has 1 heterocycles. The van der Waals surface area contributed by atoms with Crippen molar-refractivity contribution in [2.75, 3.05) is 13.7 Å². The summed E-state index contributed by atoms with van der Waals surface area (Å²) in [6.07, 6.45) is 0.0502. The molecule has 0 amide bonds. The fourth-order valence-corrected chi connectivity index (χ4v) is 2.78. The number of aromatic nitrogens is 2. The van der Waals surface area contributed by atoms with Crippen molar-refractivity contribution in [1.82, 2.24) is 9.55 Å². The van der Waals surface area contributed by atoms with Crippen molar-refractivity contribution in [3.05, 3.63) is 54.4 Å². The maximum atomic E-state index is 12.7. The molecule has 1 N–H and O–H groups in total. The van der Waals surface area contributed by atoms with E-state index in [4.69, 9.17) is 9.47 Å². The quantitative estimate of drug-likeness (QED) is 0.656. The first-order valence-corrected chi connectivity index (χ1v) is 8.55. The van der Waals surface area contributed by atoms with Crippen LogP contribution in [0.5, 0.6) is 11.5 Å². The van der Waals surface area contributed by atoms with Gasteiger partial charge in [0.2, 0.25) is 5.91 Å². The van der Waals surface area contributed by atoms with Gasteiger partial charge in [-0.3, -0.25) is 9.36 Å². The van der Waals surface area contributed by atoms with Gasteiger partial charge >= 0.3 is 0 Å². The Bertz CT molecular complexity index is 884. The monoisotopic (exact) mass is 354 g/mol. The van der Waals surface area contributed by atoms with Crippen LogP contribution in [-0.4, -0.2) is 34.3 Å². The van der Waals surface area contributed by atoms with Crippen LogP contribution in [0.25, 0.3) is 11.0 Å². The van der Waals surface area contributed by atoms with Crippen LogP contribution in [0.1, 0.15) is 36.5 Å². The maximum absolute atomic E-state index is 12.7. The second-order valence-corrected chi connectivity index (χ2v) is 5.99. The zero-order chi connectivity index (χ0) is 18.5. The van der Waals surface area contributed by atoms with Gasteiger partial charge in [0.1, 0.15) is 23.4 Å². The van der Waals surface area contributed by atoms with Crippen LogP contribution in [0, 0.1) is 0 Å². The van der Waals surface area contributed by atoms with E-state index in [-0.39, 0.29) is 5.91 Å². The van der Waals surface area contributed by atoms with E-state index in [0.29, 0.717) is 36.3 Å². The molecule has 1 atom stereocenters. The molecule has 1 unspecified atom stereocenters. The average Bonchev–Trinajstić information content (AvgIpc) is 3.05. The largest absolute Gasteiger partial charge is 0.497 e. The van der Waals surface area contributed by atoms with E-state index in [0.717, 1.165) is 11.5 Å². The zero-order valence-electron chi connectivity index (χ0n) is 14.9. The molecular weight excluding hydrogens is 332 g/mol. The van der Waals surface area contributed by atoms with Gasteiger partial charge in [-0.2, -0.15) is 0 Å². The molecule has 6 heteroatoms. The first-order valence-electron chi connectivity index (χ1n) is 8.55. The second kappa shape index (κ2) is 8.01. The van der Waals surface area contributed by atoms with E-state index in [1.165, 1.54) is 4.57 Å². The summed E-state index contributed by atoms with van der Waals surface area (Å²) in [5.74, 6) is 1.77. The zero-order valence-corrected chi connectivity index (χ0v) is 14.9. The summed E-state index contributed by atoms with van der Waals surface area (Å²) in [5.41, 5.74) is 1.41. The Morgan fingerprint density at radius 2 is 1.85 bits per heavy atom. The van der Waals surface area contributed by atoms with Crippen molar-refractivity contribution in [2.45, 2.75) is 25.9 Å². The fraction of sp³-hybridized carbons (Fsp3) is 0.300. The van der Waals surface area contributed by atoms with Gasteiger partial charge in [-0.1, -0.05) is 12.1 Å².